The Balaban J connectivity index is 1.77. The minimum Gasteiger partial charge on any atom is -0.507 e. The Labute approximate surface area is 519 Å². The van der Waals surface area contributed by atoms with Gasteiger partial charge >= 0.3 is 23.9 Å². The third-order valence-corrected chi connectivity index (χ3v) is 16.3. The Kier molecular flexibility index (Phi) is 23.0. The molecule has 0 amide bonds. The van der Waals surface area contributed by atoms with Crippen LogP contribution in [0.4, 0.5) is 0 Å². The van der Waals surface area contributed by atoms with Gasteiger partial charge in [-0.2, -0.15) is 0 Å². The maximum atomic E-state index is 14.2. The van der Waals surface area contributed by atoms with Crippen molar-refractivity contribution in [3.63, 3.8) is 0 Å². The van der Waals surface area contributed by atoms with E-state index in [2.05, 4.69) is 60.6 Å². The van der Waals surface area contributed by atoms with Gasteiger partial charge in [-0.3, -0.25) is 19.2 Å². The zero-order valence-electron chi connectivity index (χ0n) is 57.9. The second-order valence-electron chi connectivity index (χ2n) is 32.8. The average molecular weight is 1190 g/mol. The number of benzene rings is 4. The van der Waals surface area contributed by atoms with Crippen molar-refractivity contribution in [2.45, 2.75) is 274 Å². The van der Waals surface area contributed by atoms with Crippen molar-refractivity contribution >= 4 is 23.9 Å². The zero-order valence-corrected chi connectivity index (χ0v) is 57.9. The molecule has 0 bridgehead atoms. The maximum absolute atomic E-state index is 14.2. The molecule has 11 heteroatoms. The molecule has 0 radical (unpaired) electrons. The van der Waals surface area contributed by atoms with Crippen molar-refractivity contribution in [3.8, 4) is 17.2 Å². The van der Waals surface area contributed by atoms with E-state index in [-0.39, 0.29) is 86.3 Å². The molecule has 478 valence electrons. The van der Waals surface area contributed by atoms with Crippen LogP contribution >= 0.6 is 0 Å². The predicted octanol–water partition coefficient (Wildman–Crippen LogP) is 16.7. The molecule has 4 aromatic carbocycles. The molecular formula is C75H112O11. The number of hydrogen-bond acceptors (Lipinski definition) is 11. The molecule has 11 nitrogen and oxygen atoms in total. The van der Waals surface area contributed by atoms with Crippen molar-refractivity contribution in [1.82, 2.24) is 0 Å². The van der Waals surface area contributed by atoms with Gasteiger partial charge in [0.15, 0.2) is 0 Å². The SMILES string of the molecule is CCc1c(C(C)(C)C)cc(CCC(=O)OCC(COC(=O)CCc2cc(C(C)(C)C)c(O)c(C(C)(C)C)c2)(COC(=O)CCc2cc(C(C)(C)C)c(O)c(C(C)(C)C)c2)COC(=O)CCc2cc(C(C)(C)C)c(O)c(C(C)(C)C)c2)cc1C(C)(C)C. The van der Waals surface area contributed by atoms with Gasteiger partial charge in [0.2, 0.25) is 0 Å². The van der Waals surface area contributed by atoms with E-state index in [0.29, 0.717) is 25.7 Å². The van der Waals surface area contributed by atoms with Crippen LogP contribution in [0.5, 0.6) is 17.2 Å². The van der Waals surface area contributed by atoms with Gasteiger partial charge < -0.3 is 34.3 Å². The van der Waals surface area contributed by atoms with E-state index in [4.69, 9.17) is 18.9 Å². The molecular weight excluding hydrogens is 1080 g/mol. The zero-order chi connectivity index (χ0) is 65.7. The predicted molar refractivity (Wildman–Crippen MR) is 349 cm³/mol. The molecule has 4 aromatic rings. The first-order chi connectivity index (χ1) is 39.0. The molecule has 0 fully saturated rings. The summed E-state index contributed by atoms with van der Waals surface area (Å²) in [7, 11) is 0. The fourth-order valence-electron chi connectivity index (χ4n) is 11.0. The average Bonchev–Trinajstić information content (AvgIpc) is 1.62. The van der Waals surface area contributed by atoms with E-state index in [9.17, 15) is 34.5 Å². The summed E-state index contributed by atoms with van der Waals surface area (Å²) < 4.78 is 24.6. The molecule has 3 N–H and O–H groups in total. The lowest BCUT2D eigenvalue weighted by Gasteiger charge is -2.32. The third kappa shape index (κ3) is 20.1. The standard InChI is InChI=1S/C75H112O11/c1-26-51-52(67(2,3)4)35-47(36-53(51)68(5,6)7)27-31-60(76)83-43-75(44-84-61(77)32-28-48-37-54(69(8,9)10)64(80)55(38-48)70(11,12)13,45-85-62(78)33-29-49-39-56(71(14,15)16)65(81)57(40-49)72(17,18)19)46-86-63(79)34-30-50-41-58(73(20,21)22)66(82)59(42-50)74(23,24)25/h35-42,80-82H,26-34,43-46H2,1-25H3. The minimum absolute atomic E-state index is 0.0211. The Morgan fingerprint density at radius 2 is 0.465 bits per heavy atom. The monoisotopic (exact) mass is 1190 g/mol. The van der Waals surface area contributed by atoms with Crippen LogP contribution in [0.1, 0.15) is 271 Å². The number of hydrogen-bond donors (Lipinski definition) is 3. The smallest absolute Gasteiger partial charge is 0.306 e. The molecule has 0 aliphatic rings. The highest BCUT2D eigenvalue weighted by Gasteiger charge is 2.39. The summed E-state index contributed by atoms with van der Waals surface area (Å²) >= 11 is 0. The molecule has 0 atom stereocenters. The van der Waals surface area contributed by atoms with E-state index in [1.807, 2.05) is 161 Å². The fraction of sp³-hybridized carbons (Fsp3) is 0.627. The molecule has 4 rings (SSSR count). The normalized spacial score (nSPS) is 13.2. The molecule has 0 saturated carbocycles. The molecule has 0 aromatic heterocycles. The van der Waals surface area contributed by atoms with Crippen LogP contribution in [0.15, 0.2) is 48.5 Å². The highest BCUT2D eigenvalue weighted by Crippen LogP contribution is 2.44. The number of carbonyl (C=O) groups is 4. The van der Waals surface area contributed by atoms with E-state index >= 15 is 0 Å². The van der Waals surface area contributed by atoms with Crippen LogP contribution < -0.4 is 0 Å². The number of ether oxygens (including phenoxy) is 4. The molecule has 0 unspecified atom stereocenters. The van der Waals surface area contributed by atoms with Crippen molar-refractivity contribution in [1.29, 1.82) is 0 Å². The quantitative estimate of drug-likeness (QED) is 0.0537. The van der Waals surface area contributed by atoms with Gasteiger partial charge in [0.05, 0.1) is 0 Å². The highest BCUT2D eigenvalue weighted by molar-refractivity contribution is 5.72. The van der Waals surface area contributed by atoms with E-state index < -0.39 is 55.7 Å². The Bertz CT molecular complexity index is 2660. The third-order valence-electron chi connectivity index (χ3n) is 16.3. The van der Waals surface area contributed by atoms with Gasteiger partial charge in [-0.15, -0.1) is 0 Å². The summed E-state index contributed by atoms with van der Waals surface area (Å²) in [6, 6.07) is 16.0. The molecule has 0 aliphatic carbocycles. The number of esters is 4. The Morgan fingerprint density at radius 1 is 0.302 bits per heavy atom. The molecule has 0 aliphatic heterocycles. The first-order valence-electron chi connectivity index (χ1n) is 31.4. The molecule has 0 heterocycles. The number of phenolic OH excluding ortho intramolecular Hbond substituents is 3. The van der Waals surface area contributed by atoms with Crippen LogP contribution in [-0.2, 0) is 114 Å². The molecule has 0 saturated heterocycles. The van der Waals surface area contributed by atoms with Gasteiger partial charge in [-0.05, 0) is 148 Å². The largest absolute Gasteiger partial charge is 0.507 e. The van der Waals surface area contributed by atoms with Gasteiger partial charge in [0.25, 0.3) is 0 Å². The summed E-state index contributed by atoms with van der Waals surface area (Å²) in [6.07, 6.45) is 2.03. The Hall–Kier alpha value is -5.84. The van der Waals surface area contributed by atoms with E-state index in [1.54, 1.807) is 0 Å². The molecule has 86 heavy (non-hydrogen) atoms. The van der Waals surface area contributed by atoms with Crippen molar-refractivity contribution in [2.75, 3.05) is 26.4 Å². The number of carbonyl (C=O) groups excluding carboxylic acids is 4. The number of rotatable bonds is 21. The van der Waals surface area contributed by atoms with Crippen LogP contribution in [-0.4, -0.2) is 65.6 Å². The molecule has 0 spiro atoms. The summed E-state index contributed by atoms with van der Waals surface area (Å²) in [6.45, 7) is 50.3. The second-order valence-corrected chi connectivity index (χ2v) is 32.8. The van der Waals surface area contributed by atoms with Crippen LogP contribution in [0.2, 0.25) is 0 Å². The summed E-state index contributed by atoms with van der Waals surface area (Å²) in [4.78, 5) is 56.6. The van der Waals surface area contributed by atoms with Crippen molar-refractivity contribution in [3.05, 3.63) is 121 Å². The van der Waals surface area contributed by atoms with E-state index in [0.717, 1.165) is 62.1 Å². The number of aromatic hydroxyl groups is 3. The van der Waals surface area contributed by atoms with Gasteiger partial charge in [-0.1, -0.05) is 222 Å². The van der Waals surface area contributed by atoms with Gasteiger partial charge in [-0.25, -0.2) is 0 Å². The summed E-state index contributed by atoms with van der Waals surface area (Å²) in [5, 5.41) is 34.3. The van der Waals surface area contributed by atoms with Crippen LogP contribution in [0, 0.1) is 5.41 Å². The van der Waals surface area contributed by atoms with Gasteiger partial charge in [0.1, 0.15) is 49.1 Å². The number of phenols is 3. The first kappa shape index (κ1) is 72.6. The highest BCUT2D eigenvalue weighted by atomic mass is 16.6. The fourth-order valence-corrected chi connectivity index (χ4v) is 11.0. The Morgan fingerprint density at radius 3 is 0.616 bits per heavy atom. The minimum atomic E-state index is -1.55. The van der Waals surface area contributed by atoms with Gasteiger partial charge in [0, 0.05) is 25.7 Å². The van der Waals surface area contributed by atoms with Crippen LogP contribution in [0.3, 0.4) is 0 Å². The lowest BCUT2D eigenvalue weighted by atomic mass is 9.74. The lowest BCUT2D eigenvalue weighted by Crippen LogP contribution is -2.44. The lowest BCUT2D eigenvalue weighted by molar-refractivity contribution is -0.170. The van der Waals surface area contributed by atoms with Crippen molar-refractivity contribution in [2.24, 2.45) is 5.41 Å². The summed E-state index contributed by atoms with van der Waals surface area (Å²) in [5.74, 6) is -1.55. The maximum Gasteiger partial charge on any atom is 0.306 e. The van der Waals surface area contributed by atoms with Crippen LogP contribution in [0.25, 0.3) is 0 Å². The number of aryl methyl sites for hydroxylation is 4. The first-order valence-corrected chi connectivity index (χ1v) is 31.4. The summed E-state index contributed by atoms with van der Waals surface area (Å²) in [5.41, 5.74) is 7.77. The van der Waals surface area contributed by atoms with E-state index in [1.165, 1.54) is 16.7 Å². The van der Waals surface area contributed by atoms with Crippen molar-refractivity contribution < 1.29 is 53.4 Å². The topological polar surface area (TPSA) is 166 Å². The second kappa shape index (κ2) is 27.3.